The van der Waals surface area contributed by atoms with E-state index in [-0.39, 0.29) is 18.1 Å². The number of nitrogens with zero attached hydrogens (tertiary/aromatic N) is 4. The molecular weight excluding hydrogens is 470 g/mol. The number of carbonyl (C=O) groups excluding carboxylic acids is 1. The molecular formula is C28H25N5O2S. The van der Waals surface area contributed by atoms with Crippen LogP contribution in [-0.2, 0) is 6.42 Å². The Morgan fingerprint density at radius 1 is 1.14 bits per heavy atom. The van der Waals surface area contributed by atoms with Gasteiger partial charge in [-0.3, -0.25) is 9.78 Å². The number of aromatic nitrogens is 3. The number of hydrogen-bond donors (Lipinski definition) is 1. The average Bonchev–Trinajstić information content (AvgIpc) is 3.39. The normalized spacial score (nSPS) is 14.7. The van der Waals surface area contributed by atoms with Gasteiger partial charge >= 0.3 is 0 Å². The van der Waals surface area contributed by atoms with Crippen molar-refractivity contribution in [3.63, 3.8) is 0 Å². The minimum atomic E-state index is -0.1000. The van der Waals surface area contributed by atoms with Crippen LogP contribution in [0.15, 0.2) is 60.9 Å². The number of benzene rings is 2. The summed E-state index contributed by atoms with van der Waals surface area (Å²) in [7, 11) is 0. The van der Waals surface area contributed by atoms with Crippen molar-refractivity contribution < 1.29 is 9.53 Å². The maximum absolute atomic E-state index is 12.8. The highest BCUT2D eigenvalue weighted by Gasteiger charge is 2.25. The van der Waals surface area contributed by atoms with E-state index in [2.05, 4.69) is 38.7 Å². The lowest BCUT2D eigenvalue weighted by Crippen LogP contribution is -2.31. The molecule has 0 saturated carbocycles. The molecule has 1 N–H and O–H groups in total. The van der Waals surface area contributed by atoms with Crippen LogP contribution in [0.5, 0.6) is 5.75 Å². The van der Waals surface area contributed by atoms with Crippen molar-refractivity contribution in [3.8, 4) is 33.0 Å². The van der Waals surface area contributed by atoms with Gasteiger partial charge in [-0.2, -0.15) is 5.26 Å². The third kappa shape index (κ3) is 4.83. The molecule has 36 heavy (non-hydrogen) atoms. The molecule has 2 heterocycles. The molecule has 0 fully saturated rings. The van der Waals surface area contributed by atoms with Crippen LogP contribution in [0.25, 0.3) is 21.1 Å². The summed E-state index contributed by atoms with van der Waals surface area (Å²) in [5.41, 5.74) is 5.27. The highest BCUT2D eigenvalue weighted by atomic mass is 32.1. The Labute approximate surface area is 213 Å². The summed E-state index contributed by atoms with van der Waals surface area (Å²) in [6, 6.07) is 17.3. The van der Waals surface area contributed by atoms with E-state index in [1.807, 2.05) is 32.0 Å². The van der Waals surface area contributed by atoms with Crippen molar-refractivity contribution in [1.29, 1.82) is 5.26 Å². The zero-order valence-corrected chi connectivity index (χ0v) is 20.9. The fourth-order valence-electron chi connectivity index (χ4n) is 4.50. The SMILES string of the molecule is CC(C)Oc1ccc(-c2nnc(-c3cccc4c3CCCC4NC(=O)c3ccncc3)s2)cc1C#N. The van der Waals surface area contributed by atoms with Crippen LogP contribution >= 0.6 is 11.3 Å². The summed E-state index contributed by atoms with van der Waals surface area (Å²) < 4.78 is 5.74. The van der Waals surface area contributed by atoms with Gasteiger partial charge in [-0.25, -0.2) is 0 Å². The summed E-state index contributed by atoms with van der Waals surface area (Å²) in [5, 5.41) is 23.3. The van der Waals surface area contributed by atoms with E-state index in [1.54, 1.807) is 30.6 Å². The van der Waals surface area contributed by atoms with E-state index in [0.29, 0.717) is 16.9 Å². The highest BCUT2D eigenvalue weighted by molar-refractivity contribution is 7.17. The van der Waals surface area contributed by atoms with Gasteiger partial charge in [0.1, 0.15) is 21.8 Å². The lowest BCUT2D eigenvalue weighted by Gasteiger charge is -2.27. The van der Waals surface area contributed by atoms with Gasteiger partial charge in [-0.1, -0.05) is 29.5 Å². The van der Waals surface area contributed by atoms with Gasteiger partial charge < -0.3 is 10.1 Å². The highest BCUT2D eigenvalue weighted by Crippen LogP contribution is 2.39. The Hall–Kier alpha value is -4.09. The molecule has 2 aromatic heterocycles. The molecule has 0 bridgehead atoms. The molecule has 1 aliphatic carbocycles. The number of rotatable bonds is 6. The second kappa shape index (κ2) is 10.3. The van der Waals surface area contributed by atoms with E-state index in [0.717, 1.165) is 46.0 Å². The Balaban J connectivity index is 1.43. The second-order valence-corrected chi connectivity index (χ2v) is 9.91. The molecule has 1 amide bonds. The van der Waals surface area contributed by atoms with Gasteiger partial charge in [0.25, 0.3) is 5.91 Å². The average molecular weight is 496 g/mol. The fraction of sp³-hybridized carbons (Fsp3) is 0.250. The van der Waals surface area contributed by atoms with Gasteiger partial charge in [0.15, 0.2) is 0 Å². The van der Waals surface area contributed by atoms with Crippen LogP contribution < -0.4 is 10.1 Å². The van der Waals surface area contributed by atoms with Crippen molar-refractivity contribution >= 4 is 17.2 Å². The summed E-state index contributed by atoms with van der Waals surface area (Å²) in [5.74, 6) is 0.468. The molecule has 5 rings (SSSR count). The van der Waals surface area contributed by atoms with E-state index >= 15 is 0 Å². The summed E-state index contributed by atoms with van der Waals surface area (Å²) in [4.78, 5) is 16.8. The largest absolute Gasteiger partial charge is 0.490 e. The summed E-state index contributed by atoms with van der Waals surface area (Å²) in [6.45, 7) is 3.86. The first-order valence-electron chi connectivity index (χ1n) is 11.9. The van der Waals surface area contributed by atoms with Gasteiger partial charge in [0.2, 0.25) is 0 Å². The van der Waals surface area contributed by atoms with Gasteiger partial charge in [0.05, 0.1) is 17.7 Å². The Morgan fingerprint density at radius 2 is 1.94 bits per heavy atom. The van der Waals surface area contributed by atoms with Crippen molar-refractivity contribution in [2.24, 2.45) is 0 Å². The Morgan fingerprint density at radius 3 is 2.72 bits per heavy atom. The maximum Gasteiger partial charge on any atom is 0.251 e. The van der Waals surface area contributed by atoms with Crippen LogP contribution in [0.2, 0.25) is 0 Å². The maximum atomic E-state index is 12.8. The number of nitriles is 1. The lowest BCUT2D eigenvalue weighted by atomic mass is 9.85. The third-order valence-corrected chi connectivity index (χ3v) is 7.13. The molecule has 2 aromatic carbocycles. The molecule has 1 atom stereocenters. The number of fused-ring (bicyclic) bond motifs is 1. The smallest absolute Gasteiger partial charge is 0.251 e. The van der Waals surface area contributed by atoms with Crippen molar-refractivity contribution in [2.75, 3.05) is 0 Å². The predicted molar refractivity (Wildman–Crippen MR) is 139 cm³/mol. The van der Waals surface area contributed by atoms with Crippen molar-refractivity contribution in [1.82, 2.24) is 20.5 Å². The molecule has 0 aliphatic heterocycles. The number of carbonyl (C=O) groups is 1. The first-order valence-corrected chi connectivity index (χ1v) is 12.7. The molecule has 0 saturated heterocycles. The standard InChI is InChI=1S/C28H25N5O2S/c1-17(2)35-25-10-9-19(15-20(25)16-29)27-32-33-28(36-27)23-7-3-6-22-21(23)5-4-8-24(22)31-26(34)18-11-13-30-14-12-18/h3,6-7,9-15,17,24H,4-5,8H2,1-2H3,(H,31,34). The molecule has 7 nitrogen and oxygen atoms in total. The molecule has 1 unspecified atom stereocenters. The van der Waals surface area contributed by atoms with Crippen LogP contribution in [0.1, 0.15) is 59.8 Å². The van der Waals surface area contributed by atoms with Crippen molar-refractivity contribution in [3.05, 3.63) is 83.2 Å². The molecule has 1 aliphatic rings. The fourth-order valence-corrected chi connectivity index (χ4v) is 5.39. The monoisotopic (exact) mass is 495 g/mol. The molecule has 8 heteroatoms. The van der Waals surface area contributed by atoms with E-state index in [4.69, 9.17) is 4.74 Å². The minimum absolute atomic E-state index is 0.0151. The third-order valence-electron chi connectivity index (χ3n) is 6.12. The van der Waals surface area contributed by atoms with Crippen LogP contribution in [0.3, 0.4) is 0 Å². The Bertz CT molecular complexity index is 1440. The van der Waals surface area contributed by atoms with Crippen molar-refractivity contribution in [2.45, 2.75) is 45.3 Å². The number of amides is 1. The summed E-state index contributed by atoms with van der Waals surface area (Å²) in [6.07, 6.45) is 6.01. The molecule has 180 valence electrons. The zero-order chi connectivity index (χ0) is 25.1. The number of hydrogen-bond acceptors (Lipinski definition) is 7. The van der Waals surface area contributed by atoms with Gasteiger partial charge in [-0.05, 0) is 74.6 Å². The number of nitrogens with one attached hydrogen (secondary N) is 1. The summed E-state index contributed by atoms with van der Waals surface area (Å²) >= 11 is 1.50. The number of pyridine rings is 1. The Kier molecular flexibility index (Phi) is 6.74. The molecule has 0 spiro atoms. The van der Waals surface area contributed by atoms with Crippen LogP contribution in [-0.4, -0.2) is 27.2 Å². The lowest BCUT2D eigenvalue weighted by molar-refractivity contribution is 0.0932. The molecule has 0 radical (unpaired) electrons. The van der Waals surface area contributed by atoms with E-state index in [1.165, 1.54) is 16.9 Å². The minimum Gasteiger partial charge on any atom is -0.490 e. The van der Waals surface area contributed by atoms with Gasteiger partial charge in [-0.15, -0.1) is 10.2 Å². The van der Waals surface area contributed by atoms with Crippen LogP contribution in [0.4, 0.5) is 0 Å². The van der Waals surface area contributed by atoms with E-state index in [9.17, 15) is 10.1 Å². The first-order chi connectivity index (χ1) is 17.5. The first kappa shape index (κ1) is 23.6. The molecule has 4 aromatic rings. The van der Waals surface area contributed by atoms with Gasteiger partial charge in [0, 0.05) is 29.1 Å². The quantitative estimate of drug-likeness (QED) is 0.366. The van der Waals surface area contributed by atoms with E-state index < -0.39 is 0 Å². The topological polar surface area (TPSA) is 101 Å². The zero-order valence-electron chi connectivity index (χ0n) is 20.1. The second-order valence-electron chi connectivity index (χ2n) is 8.93. The van der Waals surface area contributed by atoms with Crippen LogP contribution in [0, 0.1) is 11.3 Å². The predicted octanol–water partition coefficient (Wildman–Crippen LogP) is 5.73. The number of ether oxygens (including phenoxy) is 1.